The topological polar surface area (TPSA) is 42.1 Å². The van der Waals surface area contributed by atoms with Crippen LogP contribution in [0.5, 0.6) is 0 Å². The number of aromatic nitrogens is 1. The Bertz CT molecular complexity index is 380. The van der Waals surface area contributed by atoms with Crippen molar-refractivity contribution < 1.29 is 0 Å². The van der Waals surface area contributed by atoms with Crippen LogP contribution in [0.3, 0.4) is 0 Å². The summed E-state index contributed by atoms with van der Waals surface area (Å²) in [4.78, 5) is 6.78. The SMILES string of the molecule is Cc1cc(CN)cnc1N(C)C(C)C(C)(C)C. The number of hydrogen-bond donors (Lipinski definition) is 1. The number of aryl methyl sites for hydroxylation is 1. The van der Waals surface area contributed by atoms with Crippen LogP contribution in [0.15, 0.2) is 12.3 Å². The van der Waals surface area contributed by atoms with Crippen LogP contribution >= 0.6 is 0 Å². The van der Waals surface area contributed by atoms with E-state index in [2.05, 4.69) is 57.6 Å². The highest BCUT2D eigenvalue weighted by molar-refractivity contribution is 5.47. The van der Waals surface area contributed by atoms with Gasteiger partial charge in [-0.3, -0.25) is 0 Å². The summed E-state index contributed by atoms with van der Waals surface area (Å²) in [7, 11) is 2.10. The highest BCUT2D eigenvalue weighted by atomic mass is 15.2. The molecule has 0 aliphatic heterocycles. The van der Waals surface area contributed by atoms with E-state index < -0.39 is 0 Å². The molecular formula is C14H25N3. The quantitative estimate of drug-likeness (QED) is 0.876. The fraction of sp³-hybridized carbons (Fsp3) is 0.643. The lowest BCUT2D eigenvalue weighted by molar-refractivity contribution is 0.328. The van der Waals surface area contributed by atoms with Crippen LogP contribution in [0.1, 0.15) is 38.8 Å². The highest BCUT2D eigenvalue weighted by Gasteiger charge is 2.25. The Morgan fingerprint density at radius 3 is 2.41 bits per heavy atom. The van der Waals surface area contributed by atoms with Crippen molar-refractivity contribution in [2.75, 3.05) is 11.9 Å². The molecule has 1 atom stereocenters. The highest BCUT2D eigenvalue weighted by Crippen LogP contribution is 2.28. The van der Waals surface area contributed by atoms with Gasteiger partial charge in [-0.25, -0.2) is 4.98 Å². The van der Waals surface area contributed by atoms with Crippen molar-refractivity contribution in [3.8, 4) is 0 Å². The number of pyridine rings is 1. The van der Waals surface area contributed by atoms with Crippen molar-refractivity contribution in [3.63, 3.8) is 0 Å². The Labute approximate surface area is 105 Å². The Hall–Kier alpha value is -1.09. The van der Waals surface area contributed by atoms with Gasteiger partial charge in [0.15, 0.2) is 0 Å². The van der Waals surface area contributed by atoms with Crippen molar-refractivity contribution in [1.29, 1.82) is 0 Å². The molecule has 1 aromatic rings. The summed E-state index contributed by atoms with van der Waals surface area (Å²) in [5.41, 5.74) is 8.12. The summed E-state index contributed by atoms with van der Waals surface area (Å²) in [6.45, 7) is 11.6. The molecule has 0 aliphatic rings. The van der Waals surface area contributed by atoms with Crippen molar-refractivity contribution >= 4 is 5.82 Å². The molecule has 1 rings (SSSR count). The van der Waals surface area contributed by atoms with E-state index in [-0.39, 0.29) is 5.41 Å². The zero-order valence-electron chi connectivity index (χ0n) is 11.9. The van der Waals surface area contributed by atoms with Gasteiger partial charge in [0.2, 0.25) is 0 Å². The number of nitrogens with zero attached hydrogens (tertiary/aromatic N) is 2. The van der Waals surface area contributed by atoms with Crippen molar-refractivity contribution in [1.82, 2.24) is 4.98 Å². The second-order valence-corrected chi connectivity index (χ2v) is 5.84. The summed E-state index contributed by atoms with van der Waals surface area (Å²) >= 11 is 0. The molecule has 0 fully saturated rings. The Balaban J connectivity index is 3.01. The van der Waals surface area contributed by atoms with Gasteiger partial charge in [0.25, 0.3) is 0 Å². The third kappa shape index (κ3) is 3.19. The van der Waals surface area contributed by atoms with E-state index in [1.807, 2.05) is 6.20 Å². The van der Waals surface area contributed by atoms with Crippen LogP contribution in [0.4, 0.5) is 5.82 Å². The first-order valence-electron chi connectivity index (χ1n) is 6.15. The molecule has 0 bridgehead atoms. The van der Waals surface area contributed by atoms with E-state index >= 15 is 0 Å². The number of anilines is 1. The molecule has 1 unspecified atom stereocenters. The predicted molar refractivity (Wildman–Crippen MR) is 74.2 cm³/mol. The molecular weight excluding hydrogens is 210 g/mol. The lowest BCUT2D eigenvalue weighted by Gasteiger charge is -2.36. The molecule has 0 aromatic carbocycles. The molecule has 3 nitrogen and oxygen atoms in total. The number of rotatable bonds is 3. The monoisotopic (exact) mass is 235 g/mol. The molecule has 17 heavy (non-hydrogen) atoms. The van der Waals surface area contributed by atoms with E-state index in [0.29, 0.717) is 12.6 Å². The van der Waals surface area contributed by atoms with E-state index in [4.69, 9.17) is 5.73 Å². The third-order valence-corrected chi connectivity index (χ3v) is 3.51. The van der Waals surface area contributed by atoms with Gasteiger partial charge >= 0.3 is 0 Å². The first kappa shape index (κ1) is 14.0. The second-order valence-electron chi connectivity index (χ2n) is 5.84. The molecule has 1 aromatic heterocycles. The van der Waals surface area contributed by atoms with E-state index in [9.17, 15) is 0 Å². The average molecular weight is 235 g/mol. The molecule has 1 heterocycles. The molecule has 96 valence electrons. The summed E-state index contributed by atoms with van der Waals surface area (Å²) in [6, 6.07) is 2.55. The van der Waals surface area contributed by atoms with Crippen LogP contribution in [0.2, 0.25) is 0 Å². The first-order valence-corrected chi connectivity index (χ1v) is 6.15. The molecule has 0 saturated heterocycles. The van der Waals surface area contributed by atoms with Gasteiger partial charge in [-0.1, -0.05) is 20.8 Å². The molecule has 0 amide bonds. The summed E-state index contributed by atoms with van der Waals surface area (Å²) < 4.78 is 0. The van der Waals surface area contributed by atoms with Gasteiger partial charge in [-0.2, -0.15) is 0 Å². The number of nitrogens with two attached hydrogens (primary N) is 1. The Morgan fingerprint density at radius 1 is 1.41 bits per heavy atom. The first-order chi connectivity index (χ1) is 7.77. The predicted octanol–water partition coefficient (Wildman–Crippen LogP) is 2.72. The molecule has 3 heteroatoms. The van der Waals surface area contributed by atoms with Gasteiger partial charge in [-0.05, 0) is 36.5 Å². The lowest BCUT2D eigenvalue weighted by atomic mass is 9.87. The minimum absolute atomic E-state index is 0.232. The Morgan fingerprint density at radius 2 is 2.00 bits per heavy atom. The van der Waals surface area contributed by atoms with Gasteiger partial charge in [0, 0.05) is 25.8 Å². The van der Waals surface area contributed by atoms with Crippen molar-refractivity contribution in [2.24, 2.45) is 11.1 Å². The minimum atomic E-state index is 0.232. The average Bonchev–Trinajstić information content (AvgIpc) is 2.25. The maximum atomic E-state index is 5.62. The molecule has 0 spiro atoms. The summed E-state index contributed by atoms with van der Waals surface area (Å²) in [5, 5.41) is 0. The van der Waals surface area contributed by atoms with Crippen LogP contribution in [0, 0.1) is 12.3 Å². The molecule has 0 radical (unpaired) electrons. The normalized spacial score (nSPS) is 13.6. The minimum Gasteiger partial charge on any atom is -0.356 e. The van der Waals surface area contributed by atoms with Crippen LogP contribution < -0.4 is 10.6 Å². The van der Waals surface area contributed by atoms with Crippen molar-refractivity contribution in [2.45, 2.75) is 47.2 Å². The van der Waals surface area contributed by atoms with E-state index in [1.54, 1.807) is 0 Å². The van der Waals surface area contributed by atoms with Crippen LogP contribution in [-0.4, -0.2) is 18.1 Å². The van der Waals surface area contributed by atoms with Crippen LogP contribution in [-0.2, 0) is 6.54 Å². The fourth-order valence-electron chi connectivity index (χ4n) is 1.87. The van der Waals surface area contributed by atoms with Crippen LogP contribution in [0.25, 0.3) is 0 Å². The number of hydrogen-bond acceptors (Lipinski definition) is 3. The molecule has 0 aliphatic carbocycles. The molecule has 2 N–H and O–H groups in total. The van der Waals surface area contributed by atoms with Gasteiger partial charge in [0.1, 0.15) is 5.82 Å². The standard InChI is InChI=1S/C14H25N3/c1-10-7-12(8-15)9-16-13(10)17(6)11(2)14(3,4)5/h7,9,11H,8,15H2,1-6H3. The molecule has 0 saturated carbocycles. The second kappa shape index (κ2) is 5.05. The fourth-order valence-corrected chi connectivity index (χ4v) is 1.87. The third-order valence-electron chi connectivity index (χ3n) is 3.51. The zero-order chi connectivity index (χ0) is 13.2. The summed E-state index contributed by atoms with van der Waals surface area (Å²) in [6.07, 6.45) is 1.87. The van der Waals surface area contributed by atoms with Crippen molar-refractivity contribution in [3.05, 3.63) is 23.4 Å². The Kier molecular flexibility index (Phi) is 4.15. The smallest absolute Gasteiger partial charge is 0.131 e. The summed E-state index contributed by atoms with van der Waals surface area (Å²) in [5.74, 6) is 1.05. The van der Waals surface area contributed by atoms with Gasteiger partial charge in [0.05, 0.1) is 0 Å². The van der Waals surface area contributed by atoms with E-state index in [1.165, 1.54) is 5.56 Å². The largest absolute Gasteiger partial charge is 0.356 e. The lowest BCUT2D eigenvalue weighted by Crippen LogP contribution is -2.40. The zero-order valence-corrected chi connectivity index (χ0v) is 11.9. The maximum absolute atomic E-state index is 5.62. The maximum Gasteiger partial charge on any atom is 0.131 e. The van der Waals surface area contributed by atoms with Gasteiger partial charge < -0.3 is 10.6 Å². The van der Waals surface area contributed by atoms with Gasteiger partial charge in [-0.15, -0.1) is 0 Å². The van der Waals surface area contributed by atoms with E-state index in [0.717, 1.165) is 11.4 Å².